The Morgan fingerprint density at radius 1 is 0.547 bits per heavy atom. The number of halogens is 2. The lowest BCUT2D eigenvalue weighted by Crippen LogP contribution is -2.33. The maximum absolute atomic E-state index is 13.8. The first-order valence-corrected chi connectivity index (χ1v) is 22.7. The molecule has 64 heavy (non-hydrogen) atoms. The molecule has 2 heterocycles. The number of anilines is 2. The summed E-state index contributed by atoms with van der Waals surface area (Å²) in [6.07, 6.45) is 1.61. The molecule has 2 fully saturated rings. The van der Waals surface area contributed by atoms with E-state index in [4.69, 9.17) is 23.2 Å². The number of para-hydroxylation sites is 2. The summed E-state index contributed by atoms with van der Waals surface area (Å²) >= 11 is 12.1. The Morgan fingerprint density at radius 2 is 0.922 bits per heavy atom. The smallest absolute Gasteiger partial charge is 0.251 e. The fourth-order valence-corrected chi connectivity index (χ4v) is 10.1. The van der Waals surface area contributed by atoms with E-state index in [2.05, 4.69) is 22.8 Å². The highest BCUT2D eigenvalue weighted by Gasteiger charge is 2.68. The number of nitrogens with one attached hydrogen (secondary N) is 2. The minimum Gasteiger partial charge on any atom is -0.350 e. The predicted octanol–water partition coefficient (Wildman–Crippen LogP) is 10.9. The molecule has 2 N–H and O–H groups in total. The van der Waals surface area contributed by atoms with E-state index in [0.29, 0.717) is 34.3 Å². The maximum atomic E-state index is 13.8. The van der Waals surface area contributed by atoms with E-state index < -0.39 is 10.8 Å². The maximum Gasteiger partial charge on any atom is 0.251 e. The van der Waals surface area contributed by atoms with Gasteiger partial charge in [-0.05, 0) is 135 Å². The van der Waals surface area contributed by atoms with E-state index in [1.807, 2.05) is 159 Å². The SMILES string of the molecule is CC(C)NC(=O)c1cccc(CN2C(=O)[C@@]3(C[C@H]3c3ccc(Cl)cc3)c3ccccc32)c1.CC(C)NC(=O)c1cccc(CN2C(=O)[C@]3(C[C@@H]3c3ccc(Cl)cc3)c3ccccc32)c1. The van der Waals surface area contributed by atoms with E-state index in [1.54, 1.807) is 12.1 Å². The third kappa shape index (κ3) is 7.88. The average Bonchev–Trinajstić information content (AvgIpc) is 4.19. The van der Waals surface area contributed by atoms with Crippen LogP contribution in [-0.4, -0.2) is 35.7 Å². The van der Waals surface area contributed by atoms with Crippen LogP contribution in [0, 0.1) is 0 Å². The number of fused-ring (bicyclic) bond motifs is 4. The molecule has 0 radical (unpaired) electrons. The third-order valence-corrected chi connectivity index (χ3v) is 13.5. The van der Waals surface area contributed by atoms with Crippen LogP contribution in [0.2, 0.25) is 10.0 Å². The molecule has 10 heteroatoms. The molecule has 2 spiro atoms. The minimum absolute atomic E-state index is 0.0673. The van der Waals surface area contributed by atoms with Crippen molar-refractivity contribution in [3.63, 3.8) is 0 Å². The first-order valence-electron chi connectivity index (χ1n) is 21.9. The molecule has 4 atom stereocenters. The molecule has 6 aromatic carbocycles. The molecule has 324 valence electrons. The number of carbonyl (C=O) groups excluding carboxylic acids is 4. The average molecular weight is 890 g/mol. The highest BCUT2D eigenvalue weighted by atomic mass is 35.5. The molecule has 4 aliphatic rings. The van der Waals surface area contributed by atoms with Gasteiger partial charge in [-0.25, -0.2) is 0 Å². The van der Waals surface area contributed by atoms with Gasteiger partial charge in [0, 0.05) is 56.5 Å². The van der Waals surface area contributed by atoms with Crippen LogP contribution in [0.5, 0.6) is 0 Å². The van der Waals surface area contributed by atoms with Gasteiger partial charge in [-0.15, -0.1) is 0 Å². The molecule has 2 aliphatic carbocycles. The summed E-state index contributed by atoms with van der Waals surface area (Å²) in [7, 11) is 0. The summed E-state index contributed by atoms with van der Waals surface area (Å²) in [5.41, 5.74) is 8.49. The predicted molar refractivity (Wildman–Crippen MR) is 254 cm³/mol. The van der Waals surface area contributed by atoms with Crippen molar-refractivity contribution in [3.05, 3.63) is 200 Å². The van der Waals surface area contributed by atoms with Crippen molar-refractivity contribution in [1.82, 2.24) is 10.6 Å². The summed E-state index contributed by atoms with van der Waals surface area (Å²) in [4.78, 5) is 56.2. The Bertz CT molecular complexity index is 2600. The molecule has 0 saturated heterocycles. The number of benzene rings is 6. The Balaban J connectivity index is 0.000000162. The molecule has 10 rings (SSSR count). The van der Waals surface area contributed by atoms with E-state index in [9.17, 15) is 19.2 Å². The van der Waals surface area contributed by atoms with Gasteiger partial charge in [0.25, 0.3) is 11.8 Å². The fraction of sp³-hybridized carbons (Fsp3) is 0.259. The van der Waals surface area contributed by atoms with Crippen molar-refractivity contribution in [2.24, 2.45) is 0 Å². The largest absolute Gasteiger partial charge is 0.350 e. The molecule has 6 aromatic rings. The molecule has 0 aromatic heterocycles. The van der Waals surface area contributed by atoms with E-state index in [0.717, 1.165) is 57.6 Å². The number of hydrogen-bond donors (Lipinski definition) is 2. The van der Waals surface area contributed by atoms with E-state index >= 15 is 0 Å². The van der Waals surface area contributed by atoms with Crippen LogP contribution >= 0.6 is 23.2 Å². The van der Waals surface area contributed by atoms with E-state index in [1.165, 1.54) is 0 Å². The number of carbonyl (C=O) groups is 4. The summed E-state index contributed by atoms with van der Waals surface area (Å²) in [5.74, 6) is 0.377. The number of rotatable bonds is 10. The van der Waals surface area contributed by atoms with Gasteiger partial charge in [-0.1, -0.05) is 108 Å². The highest BCUT2D eigenvalue weighted by Crippen LogP contribution is 2.67. The molecule has 4 amide bonds. The summed E-state index contributed by atoms with van der Waals surface area (Å²) in [5, 5.41) is 7.25. The van der Waals surface area contributed by atoms with Crippen LogP contribution in [0.4, 0.5) is 11.4 Å². The zero-order valence-corrected chi connectivity index (χ0v) is 37.8. The van der Waals surface area contributed by atoms with Gasteiger partial charge in [0.15, 0.2) is 0 Å². The molecule has 0 unspecified atom stereocenters. The Labute approximate surface area is 384 Å². The Hall–Kier alpha value is -6.22. The second-order valence-corrected chi connectivity index (χ2v) is 18.9. The van der Waals surface area contributed by atoms with Gasteiger partial charge in [-0.3, -0.25) is 19.2 Å². The van der Waals surface area contributed by atoms with Crippen molar-refractivity contribution >= 4 is 58.2 Å². The topological polar surface area (TPSA) is 98.8 Å². The van der Waals surface area contributed by atoms with Crippen LogP contribution in [0.1, 0.15) is 106 Å². The van der Waals surface area contributed by atoms with Crippen molar-refractivity contribution in [1.29, 1.82) is 0 Å². The monoisotopic (exact) mass is 888 g/mol. The van der Waals surface area contributed by atoms with Gasteiger partial charge in [-0.2, -0.15) is 0 Å². The molecule has 2 aliphatic heterocycles. The van der Waals surface area contributed by atoms with E-state index in [-0.39, 0.29) is 47.5 Å². The second kappa shape index (κ2) is 17.1. The molecular formula is C54H50Cl2N4O4. The lowest BCUT2D eigenvalue weighted by atomic mass is 9.92. The molecule has 8 nitrogen and oxygen atoms in total. The second-order valence-electron chi connectivity index (χ2n) is 18.0. The highest BCUT2D eigenvalue weighted by molar-refractivity contribution is 6.30. The number of amides is 4. The normalized spacial score (nSPS) is 21.2. The van der Waals surface area contributed by atoms with Gasteiger partial charge in [0.05, 0.1) is 23.9 Å². The quantitative estimate of drug-likeness (QED) is 0.143. The number of hydrogen-bond acceptors (Lipinski definition) is 4. The zero-order chi connectivity index (χ0) is 44.9. The van der Waals surface area contributed by atoms with Crippen LogP contribution in [0.3, 0.4) is 0 Å². The summed E-state index contributed by atoms with van der Waals surface area (Å²) < 4.78 is 0. The van der Waals surface area contributed by atoms with Crippen LogP contribution in [0.25, 0.3) is 0 Å². The van der Waals surface area contributed by atoms with Crippen molar-refractivity contribution in [2.45, 2.75) is 88.4 Å². The molecule has 0 bridgehead atoms. The van der Waals surface area contributed by atoms with Gasteiger partial charge in [0.1, 0.15) is 0 Å². The zero-order valence-electron chi connectivity index (χ0n) is 36.3. The number of nitrogens with zero attached hydrogens (tertiary/aromatic N) is 2. The molecule has 2 saturated carbocycles. The Morgan fingerprint density at radius 3 is 1.30 bits per heavy atom. The fourth-order valence-electron chi connectivity index (χ4n) is 9.88. The van der Waals surface area contributed by atoms with Gasteiger partial charge >= 0.3 is 0 Å². The van der Waals surface area contributed by atoms with Crippen LogP contribution < -0.4 is 20.4 Å². The Kier molecular flexibility index (Phi) is 11.5. The van der Waals surface area contributed by atoms with Crippen molar-refractivity contribution < 1.29 is 19.2 Å². The molecular weight excluding hydrogens is 840 g/mol. The van der Waals surface area contributed by atoms with Gasteiger partial charge in [0.2, 0.25) is 11.8 Å². The van der Waals surface area contributed by atoms with Gasteiger partial charge < -0.3 is 20.4 Å². The summed E-state index contributed by atoms with van der Waals surface area (Å²) in [6.45, 7) is 8.63. The minimum atomic E-state index is -0.503. The first kappa shape index (κ1) is 43.1. The van der Waals surface area contributed by atoms with Crippen LogP contribution in [-0.2, 0) is 33.5 Å². The lowest BCUT2D eigenvalue weighted by Gasteiger charge is -2.19. The standard InChI is InChI=1S/2C27H25ClN2O2/c2*1-17(2)29-25(31)20-7-5-6-18(14-20)16-30-24-9-4-3-8-22(24)27(26(30)32)15-23(27)19-10-12-21(28)13-11-19/h2*3-14,17,23H,15-16H2,1-2H3,(H,29,31)/t2*23-,27-/m10/s1. The lowest BCUT2D eigenvalue weighted by molar-refractivity contribution is -0.121. The first-order chi connectivity index (χ1) is 30.8. The third-order valence-electron chi connectivity index (χ3n) is 13.0. The van der Waals surface area contributed by atoms with Crippen LogP contribution in [0.15, 0.2) is 146 Å². The van der Waals surface area contributed by atoms with Crippen molar-refractivity contribution in [2.75, 3.05) is 9.80 Å². The van der Waals surface area contributed by atoms with Crippen molar-refractivity contribution in [3.8, 4) is 0 Å². The summed E-state index contributed by atoms with van der Waals surface area (Å²) in [6, 6.07) is 47.0.